The summed E-state index contributed by atoms with van der Waals surface area (Å²) in [5.41, 5.74) is 1.50. The Morgan fingerprint density at radius 1 is 1.24 bits per heavy atom. The fraction of sp³-hybridized carbons (Fsp3) is 0.600. The summed E-state index contributed by atoms with van der Waals surface area (Å²) in [5.74, 6) is -0.151. The first-order valence-electron chi connectivity index (χ1n) is 6.53. The number of nitrogens with one attached hydrogen (secondary N) is 1. The van der Waals surface area contributed by atoms with Crippen LogP contribution in [-0.2, 0) is 6.42 Å². The first kappa shape index (κ1) is 12.6. The zero-order valence-corrected chi connectivity index (χ0v) is 10.8. The molecular formula is C15H22FN. The molecule has 2 heteroatoms. The summed E-state index contributed by atoms with van der Waals surface area (Å²) in [6, 6.07) is 7.68. The predicted octanol–water partition coefficient (Wildman–Crippen LogP) is 3.54. The summed E-state index contributed by atoms with van der Waals surface area (Å²) in [5, 5.41) is 3.55. The number of benzene rings is 1. The van der Waals surface area contributed by atoms with Crippen LogP contribution in [0.3, 0.4) is 0 Å². The Balaban J connectivity index is 1.79. The van der Waals surface area contributed by atoms with E-state index in [0.717, 1.165) is 19.0 Å². The van der Waals surface area contributed by atoms with Crippen molar-refractivity contribution in [3.63, 3.8) is 0 Å². The molecule has 1 aliphatic rings. The van der Waals surface area contributed by atoms with E-state index in [1.165, 1.54) is 24.8 Å². The highest BCUT2D eigenvalue weighted by molar-refractivity contribution is 5.17. The van der Waals surface area contributed by atoms with E-state index in [2.05, 4.69) is 19.2 Å². The van der Waals surface area contributed by atoms with Gasteiger partial charge in [0.05, 0.1) is 0 Å². The van der Waals surface area contributed by atoms with Crippen molar-refractivity contribution in [1.29, 1.82) is 0 Å². The molecule has 0 saturated heterocycles. The lowest BCUT2D eigenvalue weighted by Crippen LogP contribution is -2.25. The maximum absolute atomic E-state index is 12.8. The van der Waals surface area contributed by atoms with Crippen LogP contribution < -0.4 is 5.32 Å². The third-order valence-electron chi connectivity index (χ3n) is 3.41. The molecule has 0 bridgehead atoms. The van der Waals surface area contributed by atoms with E-state index in [1.807, 2.05) is 12.1 Å². The van der Waals surface area contributed by atoms with Crippen molar-refractivity contribution >= 4 is 0 Å². The van der Waals surface area contributed by atoms with Gasteiger partial charge in [-0.3, -0.25) is 0 Å². The number of rotatable bonds is 6. The molecule has 1 saturated carbocycles. The van der Waals surface area contributed by atoms with E-state index >= 15 is 0 Å². The Labute approximate surface area is 103 Å². The topological polar surface area (TPSA) is 12.0 Å². The third kappa shape index (κ3) is 4.47. The first-order valence-corrected chi connectivity index (χ1v) is 6.53. The van der Waals surface area contributed by atoms with E-state index in [4.69, 9.17) is 0 Å². The lowest BCUT2D eigenvalue weighted by atomic mass is 9.82. The van der Waals surface area contributed by atoms with Crippen LogP contribution >= 0.6 is 0 Å². The predicted molar refractivity (Wildman–Crippen MR) is 69.5 cm³/mol. The summed E-state index contributed by atoms with van der Waals surface area (Å²) >= 11 is 0. The van der Waals surface area contributed by atoms with Gasteiger partial charge in [0.25, 0.3) is 0 Å². The molecule has 0 unspecified atom stereocenters. The van der Waals surface area contributed by atoms with Crippen LogP contribution in [0.1, 0.15) is 38.7 Å². The molecular weight excluding hydrogens is 213 g/mol. The van der Waals surface area contributed by atoms with Crippen molar-refractivity contribution in [2.24, 2.45) is 5.41 Å². The van der Waals surface area contributed by atoms with E-state index in [0.29, 0.717) is 0 Å². The fourth-order valence-corrected chi connectivity index (χ4v) is 2.15. The van der Waals surface area contributed by atoms with Gasteiger partial charge in [-0.2, -0.15) is 0 Å². The Morgan fingerprint density at radius 3 is 2.47 bits per heavy atom. The van der Waals surface area contributed by atoms with Crippen LogP contribution in [0.5, 0.6) is 0 Å². The Morgan fingerprint density at radius 2 is 1.88 bits per heavy atom. The van der Waals surface area contributed by atoms with Gasteiger partial charge in [-0.25, -0.2) is 4.39 Å². The van der Waals surface area contributed by atoms with Crippen LogP contribution in [0.2, 0.25) is 0 Å². The van der Waals surface area contributed by atoms with Crippen LogP contribution in [0, 0.1) is 11.2 Å². The number of hydrogen-bond acceptors (Lipinski definition) is 1. The summed E-state index contributed by atoms with van der Waals surface area (Å²) in [4.78, 5) is 0. The van der Waals surface area contributed by atoms with Crippen LogP contribution in [-0.4, -0.2) is 12.6 Å². The molecule has 94 valence electrons. The monoisotopic (exact) mass is 235 g/mol. The van der Waals surface area contributed by atoms with Crippen molar-refractivity contribution < 1.29 is 4.39 Å². The van der Waals surface area contributed by atoms with Crippen LogP contribution in [0.25, 0.3) is 0 Å². The second-order valence-corrected chi connectivity index (χ2v) is 5.95. The van der Waals surface area contributed by atoms with Crippen molar-refractivity contribution in [2.45, 2.75) is 45.6 Å². The fourth-order valence-electron chi connectivity index (χ4n) is 2.15. The van der Waals surface area contributed by atoms with Crippen LogP contribution in [0.15, 0.2) is 24.3 Å². The van der Waals surface area contributed by atoms with Gasteiger partial charge in [0, 0.05) is 6.04 Å². The van der Waals surface area contributed by atoms with Crippen LogP contribution in [0.4, 0.5) is 4.39 Å². The first-order chi connectivity index (χ1) is 8.05. The van der Waals surface area contributed by atoms with Gasteiger partial charge in [0.1, 0.15) is 5.82 Å². The molecule has 1 aromatic rings. The average Bonchev–Trinajstić information content (AvgIpc) is 3.05. The average molecular weight is 235 g/mol. The summed E-state index contributed by atoms with van der Waals surface area (Å²) in [7, 11) is 0. The largest absolute Gasteiger partial charge is 0.314 e. The Kier molecular flexibility index (Phi) is 3.82. The highest BCUT2D eigenvalue weighted by atomic mass is 19.1. The zero-order valence-electron chi connectivity index (χ0n) is 10.8. The molecule has 0 aliphatic heterocycles. The molecule has 0 radical (unpaired) electrons. The quantitative estimate of drug-likeness (QED) is 0.795. The van der Waals surface area contributed by atoms with Gasteiger partial charge >= 0.3 is 0 Å². The summed E-state index contributed by atoms with van der Waals surface area (Å²) < 4.78 is 12.8. The standard InChI is InChI=1S/C15H22FN/c1-15(2,9-10-17-14-7-8-14)11-12-3-5-13(16)6-4-12/h3-6,14,17H,7-11H2,1-2H3. The van der Waals surface area contributed by atoms with Gasteiger partial charge in [0.15, 0.2) is 0 Å². The van der Waals surface area contributed by atoms with Gasteiger partial charge in [-0.1, -0.05) is 26.0 Å². The van der Waals surface area contributed by atoms with E-state index < -0.39 is 0 Å². The maximum Gasteiger partial charge on any atom is 0.123 e. The lowest BCUT2D eigenvalue weighted by Gasteiger charge is -2.25. The SMILES string of the molecule is CC(C)(CCNC1CC1)Cc1ccc(F)cc1. The second-order valence-electron chi connectivity index (χ2n) is 5.95. The van der Waals surface area contributed by atoms with E-state index in [1.54, 1.807) is 12.1 Å². The molecule has 1 nitrogen and oxygen atoms in total. The second kappa shape index (κ2) is 5.18. The Hall–Kier alpha value is -0.890. The molecule has 1 aliphatic carbocycles. The molecule has 1 fully saturated rings. The van der Waals surface area contributed by atoms with E-state index in [9.17, 15) is 4.39 Å². The molecule has 1 N–H and O–H groups in total. The van der Waals surface area contributed by atoms with Gasteiger partial charge in [-0.15, -0.1) is 0 Å². The van der Waals surface area contributed by atoms with Crippen molar-refractivity contribution in [2.75, 3.05) is 6.54 Å². The minimum absolute atomic E-state index is 0.151. The highest BCUT2D eigenvalue weighted by Gasteiger charge is 2.23. The molecule has 0 heterocycles. The normalized spacial score (nSPS) is 16.2. The van der Waals surface area contributed by atoms with Gasteiger partial charge in [-0.05, 0) is 55.3 Å². The smallest absolute Gasteiger partial charge is 0.123 e. The summed E-state index contributed by atoms with van der Waals surface area (Å²) in [6.45, 7) is 5.66. The Bertz CT molecular complexity index is 352. The molecule has 0 aromatic heterocycles. The van der Waals surface area contributed by atoms with Crippen molar-refractivity contribution in [1.82, 2.24) is 5.32 Å². The molecule has 1 aromatic carbocycles. The third-order valence-corrected chi connectivity index (χ3v) is 3.41. The van der Waals surface area contributed by atoms with Gasteiger partial charge in [0.2, 0.25) is 0 Å². The molecule has 17 heavy (non-hydrogen) atoms. The zero-order chi connectivity index (χ0) is 12.3. The lowest BCUT2D eigenvalue weighted by molar-refractivity contribution is 0.325. The van der Waals surface area contributed by atoms with E-state index in [-0.39, 0.29) is 11.2 Å². The highest BCUT2D eigenvalue weighted by Crippen LogP contribution is 2.26. The van der Waals surface area contributed by atoms with Crippen molar-refractivity contribution in [3.05, 3.63) is 35.6 Å². The summed E-state index contributed by atoms with van der Waals surface area (Å²) in [6.07, 6.45) is 4.87. The van der Waals surface area contributed by atoms with Crippen molar-refractivity contribution in [3.8, 4) is 0 Å². The minimum Gasteiger partial charge on any atom is -0.314 e. The molecule has 2 rings (SSSR count). The number of hydrogen-bond donors (Lipinski definition) is 1. The molecule has 0 amide bonds. The minimum atomic E-state index is -0.151. The number of halogens is 1. The molecule has 0 spiro atoms. The maximum atomic E-state index is 12.8. The van der Waals surface area contributed by atoms with Gasteiger partial charge < -0.3 is 5.32 Å². The molecule has 0 atom stereocenters.